The summed E-state index contributed by atoms with van der Waals surface area (Å²) in [6.07, 6.45) is 0. The number of fused-ring (bicyclic) bond motifs is 3. The first-order chi connectivity index (χ1) is 11.8. The summed E-state index contributed by atoms with van der Waals surface area (Å²) in [7, 11) is 0. The molecule has 2 aliphatic rings. The molecule has 2 aromatic carbocycles. The molecule has 120 valence electrons. The van der Waals surface area contributed by atoms with Crippen molar-refractivity contribution in [1.29, 1.82) is 0 Å². The van der Waals surface area contributed by atoms with Crippen molar-refractivity contribution < 1.29 is 18.9 Å². The second-order valence-corrected chi connectivity index (χ2v) is 5.68. The third-order valence-corrected chi connectivity index (χ3v) is 4.24. The van der Waals surface area contributed by atoms with Gasteiger partial charge < -0.3 is 18.9 Å². The summed E-state index contributed by atoms with van der Waals surface area (Å²) in [5.74, 6) is 3.57. The summed E-state index contributed by atoms with van der Waals surface area (Å²) in [6, 6.07) is 9.48. The van der Waals surface area contributed by atoms with Crippen molar-refractivity contribution >= 4 is 22.5 Å². The Bertz CT molecular complexity index is 976. The zero-order valence-corrected chi connectivity index (χ0v) is 13.2. The summed E-state index contributed by atoms with van der Waals surface area (Å²) in [5, 5.41) is 0.868. The number of rotatable bonds is 2. The van der Waals surface area contributed by atoms with E-state index in [4.69, 9.17) is 30.5 Å². The lowest BCUT2D eigenvalue weighted by Crippen LogP contribution is -1.97. The first-order valence-corrected chi connectivity index (χ1v) is 7.91. The van der Waals surface area contributed by atoms with Gasteiger partial charge >= 0.3 is 0 Å². The zero-order chi connectivity index (χ0) is 16.1. The fourth-order valence-corrected chi connectivity index (χ4v) is 3.01. The van der Waals surface area contributed by atoms with Crippen molar-refractivity contribution in [2.24, 2.45) is 0 Å². The molecule has 0 N–H and O–H groups in total. The van der Waals surface area contributed by atoms with Gasteiger partial charge in [-0.1, -0.05) is 0 Å². The van der Waals surface area contributed by atoms with E-state index in [2.05, 4.69) is 9.97 Å². The average Bonchev–Trinajstić information content (AvgIpc) is 3.26. The van der Waals surface area contributed by atoms with Crippen molar-refractivity contribution in [3.8, 4) is 34.3 Å². The summed E-state index contributed by atoms with van der Waals surface area (Å²) in [5.41, 5.74) is 2.43. The van der Waals surface area contributed by atoms with Gasteiger partial charge in [-0.3, -0.25) is 0 Å². The first-order valence-electron chi connectivity index (χ1n) is 7.38. The number of nitrogens with zero attached hydrogens (tertiary/aromatic N) is 2. The molecule has 0 bridgehead atoms. The molecule has 1 aromatic heterocycles. The number of hydrogen-bond donors (Lipinski definition) is 0. The molecule has 0 fully saturated rings. The lowest BCUT2D eigenvalue weighted by molar-refractivity contribution is 0.173. The van der Waals surface area contributed by atoms with Crippen molar-refractivity contribution in [2.45, 2.75) is 5.88 Å². The second kappa shape index (κ2) is 5.14. The van der Waals surface area contributed by atoms with E-state index in [-0.39, 0.29) is 19.5 Å². The van der Waals surface area contributed by atoms with E-state index < -0.39 is 0 Å². The monoisotopic (exact) mass is 342 g/mol. The smallest absolute Gasteiger partial charge is 0.231 e. The Hall–Kier alpha value is -2.73. The molecule has 7 heteroatoms. The molecule has 0 spiro atoms. The summed E-state index contributed by atoms with van der Waals surface area (Å²) < 4.78 is 21.7. The zero-order valence-electron chi connectivity index (χ0n) is 12.4. The van der Waals surface area contributed by atoms with E-state index in [1.165, 1.54) is 0 Å². The largest absolute Gasteiger partial charge is 0.454 e. The Morgan fingerprint density at radius 3 is 2.33 bits per heavy atom. The number of aromatic nitrogens is 2. The van der Waals surface area contributed by atoms with Gasteiger partial charge in [0.1, 0.15) is 5.82 Å². The molecule has 0 aliphatic carbocycles. The lowest BCUT2D eigenvalue weighted by atomic mass is 10.0. The average molecular weight is 343 g/mol. The third-order valence-electron chi connectivity index (χ3n) is 4.00. The Balaban J connectivity index is 1.77. The third kappa shape index (κ3) is 2.03. The van der Waals surface area contributed by atoms with Crippen LogP contribution >= 0.6 is 11.6 Å². The number of halogens is 1. The Labute approximate surface area is 141 Å². The molecular weight excluding hydrogens is 332 g/mol. The van der Waals surface area contributed by atoms with Crippen LogP contribution in [0.1, 0.15) is 5.82 Å². The van der Waals surface area contributed by atoms with Crippen LogP contribution < -0.4 is 18.9 Å². The molecule has 0 amide bonds. The Morgan fingerprint density at radius 1 is 0.833 bits per heavy atom. The predicted molar refractivity (Wildman–Crippen MR) is 86.8 cm³/mol. The van der Waals surface area contributed by atoms with Gasteiger partial charge in [0.2, 0.25) is 13.6 Å². The number of alkyl halides is 1. The highest BCUT2D eigenvalue weighted by molar-refractivity contribution is 6.16. The molecule has 2 aliphatic heterocycles. The molecule has 24 heavy (non-hydrogen) atoms. The van der Waals surface area contributed by atoms with Gasteiger partial charge in [-0.05, 0) is 24.3 Å². The minimum atomic E-state index is 0.209. The molecule has 0 saturated carbocycles. The number of ether oxygens (including phenoxy) is 4. The van der Waals surface area contributed by atoms with E-state index in [0.29, 0.717) is 23.1 Å². The highest BCUT2D eigenvalue weighted by Crippen LogP contribution is 2.41. The molecule has 0 unspecified atom stereocenters. The SMILES string of the molecule is ClCc1nc(-c2ccc3c(c2)OCO3)c2cc3c(cc2n1)OCO3. The van der Waals surface area contributed by atoms with Gasteiger partial charge in [-0.2, -0.15) is 0 Å². The van der Waals surface area contributed by atoms with Gasteiger partial charge in [0.15, 0.2) is 23.0 Å². The van der Waals surface area contributed by atoms with Crippen molar-refractivity contribution in [2.75, 3.05) is 13.6 Å². The Kier molecular flexibility index (Phi) is 2.93. The van der Waals surface area contributed by atoms with Crippen LogP contribution in [0.5, 0.6) is 23.0 Å². The summed E-state index contributed by atoms with van der Waals surface area (Å²) >= 11 is 5.97. The van der Waals surface area contributed by atoms with Crippen LogP contribution in [-0.4, -0.2) is 23.6 Å². The van der Waals surface area contributed by atoms with Gasteiger partial charge in [0, 0.05) is 17.0 Å². The minimum absolute atomic E-state index is 0.209. The normalized spacial score (nSPS) is 14.4. The van der Waals surface area contributed by atoms with Crippen molar-refractivity contribution in [1.82, 2.24) is 9.97 Å². The number of benzene rings is 2. The highest BCUT2D eigenvalue weighted by Gasteiger charge is 2.20. The van der Waals surface area contributed by atoms with Gasteiger partial charge in [0.05, 0.1) is 17.1 Å². The van der Waals surface area contributed by atoms with E-state index in [0.717, 1.165) is 27.9 Å². The van der Waals surface area contributed by atoms with Crippen molar-refractivity contribution in [3.63, 3.8) is 0 Å². The fourth-order valence-electron chi connectivity index (χ4n) is 2.89. The van der Waals surface area contributed by atoms with E-state index in [1.54, 1.807) is 0 Å². The van der Waals surface area contributed by atoms with Crippen LogP contribution in [0.4, 0.5) is 0 Å². The summed E-state index contributed by atoms with van der Waals surface area (Å²) in [4.78, 5) is 9.10. The highest BCUT2D eigenvalue weighted by atomic mass is 35.5. The fraction of sp³-hybridized carbons (Fsp3) is 0.176. The molecule has 3 aromatic rings. The van der Waals surface area contributed by atoms with Gasteiger partial charge in [0.25, 0.3) is 0 Å². The van der Waals surface area contributed by atoms with E-state index in [9.17, 15) is 0 Å². The molecule has 0 atom stereocenters. The lowest BCUT2D eigenvalue weighted by Gasteiger charge is -2.09. The topological polar surface area (TPSA) is 62.7 Å². The van der Waals surface area contributed by atoms with E-state index >= 15 is 0 Å². The number of hydrogen-bond acceptors (Lipinski definition) is 6. The van der Waals surface area contributed by atoms with Crippen LogP contribution in [0, 0.1) is 0 Å². The first kappa shape index (κ1) is 13.7. The van der Waals surface area contributed by atoms with Crippen LogP contribution in [-0.2, 0) is 5.88 Å². The van der Waals surface area contributed by atoms with E-state index in [1.807, 2.05) is 30.3 Å². The predicted octanol–water partition coefficient (Wildman–Crippen LogP) is 3.49. The maximum atomic E-state index is 5.97. The minimum Gasteiger partial charge on any atom is -0.454 e. The van der Waals surface area contributed by atoms with Crippen LogP contribution in [0.25, 0.3) is 22.2 Å². The molecule has 6 nitrogen and oxygen atoms in total. The maximum Gasteiger partial charge on any atom is 0.231 e. The maximum absolute atomic E-state index is 5.97. The summed E-state index contributed by atoms with van der Waals surface area (Å²) in [6.45, 7) is 0.440. The molecule has 0 radical (unpaired) electrons. The Morgan fingerprint density at radius 2 is 1.54 bits per heavy atom. The van der Waals surface area contributed by atoms with Gasteiger partial charge in [-0.15, -0.1) is 11.6 Å². The van der Waals surface area contributed by atoms with Gasteiger partial charge in [-0.25, -0.2) is 9.97 Å². The standard InChI is InChI=1S/C17H11ClN2O4/c18-6-16-19-11-5-15-14(23-8-24-15)4-10(11)17(20-16)9-1-2-12-13(3-9)22-7-21-12/h1-5H,6-8H2. The van der Waals surface area contributed by atoms with Crippen LogP contribution in [0.15, 0.2) is 30.3 Å². The molecule has 0 saturated heterocycles. The molecule has 5 rings (SSSR count). The van der Waals surface area contributed by atoms with Crippen LogP contribution in [0.2, 0.25) is 0 Å². The molecular formula is C17H11ClN2O4. The molecule has 3 heterocycles. The quantitative estimate of drug-likeness (QED) is 0.664. The second-order valence-electron chi connectivity index (χ2n) is 5.41. The van der Waals surface area contributed by atoms with Crippen LogP contribution in [0.3, 0.4) is 0 Å². The van der Waals surface area contributed by atoms with Crippen molar-refractivity contribution in [3.05, 3.63) is 36.2 Å².